The summed E-state index contributed by atoms with van der Waals surface area (Å²) in [5.74, 6) is -0.255. The van der Waals surface area contributed by atoms with Crippen molar-refractivity contribution in [2.45, 2.75) is 26.4 Å². The van der Waals surface area contributed by atoms with Gasteiger partial charge in [0.15, 0.2) is 11.6 Å². The van der Waals surface area contributed by atoms with Crippen LogP contribution in [0.15, 0.2) is 41.5 Å². The Balaban J connectivity index is 1.81. The van der Waals surface area contributed by atoms with Gasteiger partial charge in [0.1, 0.15) is 0 Å². The summed E-state index contributed by atoms with van der Waals surface area (Å²) in [6, 6.07) is 5.11. The van der Waals surface area contributed by atoms with Gasteiger partial charge in [0, 0.05) is 29.3 Å². The smallest absolute Gasteiger partial charge is 0.326 e. The number of rotatable bonds is 4. The van der Waals surface area contributed by atoms with Crippen LogP contribution in [0.3, 0.4) is 0 Å². The van der Waals surface area contributed by atoms with Gasteiger partial charge in [-0.25, -0.2) is 15.0 Å². The molecule has 150 valence electrons. The minimum atomic E-state index is -4.53. The predicted octanol–water partition coefficient (Wildman–Crippen LogP) is 3.04. The molecule has 0 spiro atoms. The SMILES string of the molecule is Cc1ccc(NC(=O)Cc2c(C)nc(-c3ncccn3)[nH]c2=O)cc1C(F)(F)F. The van der Waals surface area contributed by atoms with E-state index in [0.717, 1.165) is 6.07 Å². The number of carbonyl (C=O) groups excluding carboxylic acids is 1. The molecule has 0 radical (unpaired) electrons. The molecule has 3 aromatic rings. The van der Waals surface area contributed by atoms with Gasteiger partial charge in [0.2, 0.25) is 5.91 Å². The third-order valence-electron chi connectivity index (χ3n) is 4.16. The van der Waals surface area contributed by atoms with Crippen molar-refractivity contribution < 1.29 is 18.0 Å². The molecule has 0 bridgehead atoms. The van der Waals surface area contributed by atoms with Crippen molar-refractivity contribution in [1.29, 1.82) is 0 Å². The number of amides is 1. The monoisotopic (exact) mass is 403 g/mol. The zero-order chi connectivity index (χ0) is 21.2. The number of H-pyrrole nitrogens is 1. The van der Waals surface area contributed by atoms with E-state index in [4.69, 9.17) is 0 Å². The maximum absolute atomic E-state index is 13.0. The summed E-state index contributed by atoms with van der Waals surface area (Å²) in [6.07, 6.45) is -1.89. The number of hydrogen-bond acceptors (Lipinski definition) is 5. The second-order valence-corrected chi connectivity index (χ2v) is 6.30. The van der Waals surface area contributed by atoms with Crippen molar-refractivity contribution in [2.24, 2.45) is 0 Å². The molecule has 0 saturated heterocycles. The molecule has 0 fully saturated rings. The Morgan fingerprint density at radius 3 is 2.48 bits per heavy atom. The van der Waals surface area contributed by atoms with Crippen LogP contribution in [0.2, 0.25) is 0 Å². The van der Waals surface area contributed by atoms with E-state index in [0.29, 0.717) is 5.69 Å². The molecule has 1 aromatic carbocycles. The minimum absolute atomic E-state index is 0.00993. The maximum atomic E-state index is 13.0. The van der Waals surface area contributed by atoms with E-state index in [1.807, 2.05) is 0 Å². The van der Waals surface area contributed by atoms with Crippen molar-refractivity contribution in [2.75, 3.05) is 5.32 Å². The Morgan fingerprint density at radius 2 is 1.86 bits per heavy atom. The van der Waals surface area contributed by atoms with Crippen molar-refractivity contribution >= 4 is 11.6 Å². The van der Waals surface area contributed by atoms with Gasteiger partial charge in [0.25, 0.3) is 5.56 Å². The first-order chi connectivity index (χ1) is 13.6. The molecule has 0 aliphatic rings. The van der Waals surface area contributed by atoms with Crippen LogP contribution >= 0.6 is 0 Å². The molecule has 3 rings (SSSR count). The molecule has 1 amide bonds. The number of benzene rings is 1. The lowest BCUT2D eigenvalue weighted by Crippen LogP contribution is -2.24. The van der Waals surface area contributed by atoms with Gasteiger partial charge < -0.3 is 10.3 Å². The second kappa shape index (κ2) is 7.82. The molecule has 2 aromatic heterocycles. The highest BCUT2D eigenvalue weighted by atomic mass is 19.4. The Bertz CT molecular complexity index is 1110. The van der Waals surface area contributed by atoms with E-state index in [1.54, 1.807) is 13.0 Å². The average Bonchev–Trinajstić information content (AvgIpc) is 2.66. The summed E-state index contributed by atoms with van der Waals surface area (Å²) >= 11 is 0. The zero-order valence-electron chi connectivity index (χ0n) is 15.5. The summed E-state index contributed by atoms with van der Waals surface area (Å²) in [5, 5.41) is 2.39. The number of aryl methyl sites for hydroxylation is 2. The van der Waals surface area contributed by atoms with Crippen LogP contribution < -0.4 is 10.9 Å². The van der Waals surface area contributed by atoms with E-state index in [-0.39, 0.29) is 34.9 Å². The van der Waals surface area contributed by atoms with E-state index >= 15 is 0 Å². The molecule has 10 heteroatoms. The fourth-order valence-corrected chi connectivity index (χ4v) is 2.72. The second-order valence-electron chi connectivity index (χ2n) is 6.30. The van der Waals surface area contributed by atoms with Gasteiger partial charge >= 0.3 is 6.18 Å². The predicted molar refractivity (Wildman–Crippen MR) is 99.1 cm³/mol. The number of halogens is 3. The summed E-state index contributed by atoms with van der Waals surface area (Å²) < 4.78 is 39.1. The van der Waals surface area contributed by atoms with Crippen LogP contribution in [0.5, 0.6) is 0 Å². The lowest BCUT2D eigenvalue weighted by molar-refractivity contribution is -0.138. The van der Waals surface area contributed by atoms with Crippen LogP contribution in [-0.4, -0.2) is 25.8 Å². The van der Waals surface area contributed by atoms with E-state index in [2.05, 4.69) is 25.3 Å². The fourth-order valence-electron chi connectivity index (χ4n) is 2.72. The summed E-state index contributed by atoms with van der Waals surface area (Å²) in [5.41, 5.74) is -0.945. The minimum Gasteiger partial charge on any atom is -0.326 e. The van der Waals surface area contributed by atoms with Crippen molar-refractivity contribution in [3.05, 3.63) is 69.4 Å². The van der Waals surface area contributed by atoms with E-state index in [9.17, 15) is 22.8 Å². The largest absolute Gasteiger partial charge is 0.416 e. The Morgan fingerprint density at radius 1 is 1.17 bits per heavy atom. The van der Waals surface area contributed by atoms with Crippen LogP contribution in [0, 0.1) is 13.8 Å². The van der Waals surface area contributed by atoms with Crippen molar-refractivity contribution in [3.8, 4) is 11.6 Å². The van der Waals surface area contributed by atoms with Crippen LogP contribution in [0.25, 0.3) is 11.6 Å². The number of nitrogens with zero attached hydrogens (tertiary/aromatic N) is 3. The number of aromatic amines is 1. The van der Waals surface area contributed by atoms with Gasteiger partial charge in [-0.1, -0.05) is 6.07 Å². The third-order valence-corrected chi connectivity index (χ3v) is 4.16. The van der Waals surface area contributed by atoms with E-state index in [1.165, 1.54) is 31.5 Å². The van der Waals surface area contributed by atoms with Crippen molar-refractivity contribution in [3.63, 3.8) is 0 Å². The molecule has 7 nitrogen and oxygen atoms in total. The highest BCUT2D eigenvalue weighted by molar-refractivity contribution is 5.92. The third kappa shape index (κ3) is 4.65. The first-order valence-corrected chi connectivity index (χ1v) is 8.50. The maximum Gasteiger partial charge on any atom is 0.416 e. The topological polar surface area (TPSA) is 101 Å². The Hall–Kier alpha value is -3.56. The molecule has 0 saturated carbocycles. The zero-order valence-corrected chi connectivity index (χ0v) is 15.5. The van der Waals surface area contributed by atoms with Gasteiger partial charge in [-0.15, -0.1) is 0 Å². The molecular formula is C19H16F3N5O2. The molecule has 2 heterocycles. The van der Waals surface area contributed by atoms with Crippen LogP contribution in [0.4, 0.5) is 18.9 Å². The summed E-state index contributed by atoms with van der Waals surface area (Å²) in [6.45, 7) is 2.89. The quantitative estimate of drug-likeness (QED) is 0.697. The highest BCUT2D eigenvalue weighted by Crippen LogP contribution is 2.33. The van der Waals surface area contributed by atoms with Gasteiger partial charge in [-0.05, 0) is 37.6 Å². The summed E-state index contributed by atoms with van der Waals surface area (Å²) in [4.78, 5) is 39.4. The molecule has 0 atom stereocenters. The normalized spacial score (nSPS) is 11.3. The van der Waals surface area contributed by atoms with Gasteiger partial charge in [-0.2, -0.15) is 13.2 Å². The molecule has 2 N–H and O–H groups in total. The Labute approximate surface area is 163 Å². The molecular weight excluding hydrogens is 387 g/mol. The Kier molecular flexibility index (Phi) is 5.44. The lowest BCUT2D eigenvalue weighted by Gasteiger charge is -2.13. The van der Waals surface area contributed by atoms with Gasteiger partial charge in [-0.3, -0.25) is 9.59 Å². The molecule has 0 aliphatic carbocycles. The number of aromatic nitrogens is 4. The van der Waals surface area contributed by atoms with Crippen LogP contribution in [-0.2, 0) is 17.4 Å². The lowest BCUT2D eigenvalue weighted by atomic mass is 10.1. The summed E-state index contributed by atoms with van der Waals surface area (Å²) in [7, 11) is 0. The molecule has 0 unspecified atom stereocenters. The molecule has 0 aliphatic heterocycles. The van der Waals surface area contributed by atoms with E-state index < -0.39 is 23.2 Å². The molecule has 29 heavy (non-hydrogen) atoms. The first kappa shape index (κ1) is 20.2. The standard InChI is InChI=1S/C19H16F3N5O2/c1-10-4-5-12(8-14(10)19(20,21)22)26-15(28)9-13-11(2)25-17(27-18(13)29)16-23-6-3-7-24-16/h3-8H,9H2,1-2H3,(H,26,28)(H,25,27,29). The number of hydrogen-bond donors (Lipinski definition) is 2. The number of anilines is 1. The number of nitrogens with one attached hydrogen (secondary N) is 2. The van der Waals surface area contributed by atoms with Crippen molar-refractivity contribution in [1.82, 2.24) is 19.9 Å². The number of alkyl halides is 3. The van der Waals surface area contributed by atoms with Crippen LogP contribution in [0.1, 0.15) is 22.4 Å². The highest BCUT2D eigenvalue weighted by Gasteiger charge is 2.32. The first-order valence-electron chi connectivity index (χ1n) is 8.50. The fraction of sp³-hybridized carbons (Fsp3) is 0.211. The average molecular weight is 403 g/mol. The number of carbonyl (C=O) groups is 1. The van der Waals surface area contributed by atoms with Gasteiger partial charge in [0.05, 0.1) is 12.0 Å².